The number of anilines is 2. The van der Waals surface area contributed by atoms with Crippen LogP contribution in [0.4, 0.5) is 11.4 Å². The molecule has 2 amide bonds. The summed E-state index contributed by atoms with van der Waals surface area (Å²) in [5, 5.41) is 10.7. The van der Waals surface area contributed by atoms with Gasteiger partial charge in [0.2, 0.25) is 15.9 Å². The Morgan fingerprint density at radius 1 is 1.04 bits per heavy atom. The van der Waals surface area contributed by atoms with Gasteiger partial charge in [-0.1, -0.05) is 13.0 Å². The van der Waals surface area contributed by atoms with Crippen LogP contribution < -0.4 is 15.8 Å². The molecule has 2 aromatic carbocycles. The second kappa shape index (κ2) is 7.50. The van der Waals surface area contributed by atoms with Gasteiger partial charge in [-0.2, -0.15) is 0 Å². The number of rotatable bonds is 6. The van der Waals surface area contributed by atoms with Crippen LogP contribution in [0.3, 0.4) is 0 Å². The van der Waals surface area contributed by atoms with Crippen molar-refractivity contribution in [3.05, 3.63) is 53.6 Å². The quantitative estimate of drug-likeness (QED) is 0.705. The lowest BCUT2D eigenvalue weighted by atomic mass is 10.1. The molecule has 0 bridgehead atoms. The summed E-state index contributed by atoms with van der Waals surface area (Å²) < 4.78 is 23.5. The summed E-state index contributed by atoms with van der Waals surface area (Å²) in [4.78, 5) is 24.2. The summed E-state index contributed by atoms with van der Waals surface area (Å²) in [6.07, 6.45) is 2.35. The minimum absolute atomic E-state index is 0.000867. The molecule has 0 unspecified atom stereocenters. The van der Waals surface area contributed by atoms with E-state index in [4.69, 9.17) is 5.14 Å². The van der Waals surface area contributed by atoms with Gasteiger partial charge in [-0.15, -0.1) is 0 Å². The van der Waals surface area contributed by atoms with Crippen LogP contribution in [0, 0.1) is 5.92 Å². The Hall–Kier alpha value is -2.71. The van der Waals surface area contributed by atoms with Gasteiger partial charge in [-0.3, -0.25) is 9.59 Å². The number of carbonyl (C=O) groups is 2. The predicted molar refractivity (Wildman–Crippen MR) is 103 cm³/mol. The molecule has 0 heterocycles. The summed E-state index contributed by atoms with van der Waals surface area (Å²) in [5.41, 5.74) is 1.95. The number of hydrogen-bond donors (Lipinski definition) is 3. The first-order valence-corrected chi connectivity index (χ1v) is 10.2. The molecule has 1 saturated carbocycles. The number of hydrogen-bond acceptors (Lipinski definition) is 4. The highest BCUT2D eigenvalue weighted by Gasteiger charge is 2.29. The fraction of sp³-hybridized carbons (Fsp3) is 0.263. The summed E-state index contributed by atoms with van der Waals surface area (Å²) in [6, 6.07) is 11.1. The van der Waals surface area contributed by atoms with E-state index in [9.17, 15) is 18.0 Å². The molecule has 1 fully saturated rings. The average molecular weight is 387 g/mol. The van der Waals surface area contributed by atoms with E-state index < -0.39 is 10.0 Å². The van der Waals surface area contributed by atoms with Crippen molar-refractivity contribution in [1.82, 2.24) is 0 Å². The number of benzene rings is 2. The van der Waals surface area contributed by atoms with Crippen LogP contribution >= 0.6 is 0 Å². The molecule has 3 rings (SSSR count). The van der Waals surface area contributed by atoms with Gasteiger partial charge >= 0.3 is 0 Å². The van der Waals surface area contributed by atoms with E-state index in [0.717, 1.165) is 12.8 Å². The minimum Gasteiger partial charge on any atom is -0.326 e. The number of nitrogens with one attached hydrogen (secondary N) is 2. The highest BCUT2D eigenvalue weighted by atomic mass is 32.2. The van der Waals surface area contributed by atoms with Crippen molar-refractivity contribution < 1.29 is 18.0 Å². The van der Waals surface area contributed by atoms with Gasteiger partial charge < -0.3 is 10.6 Å². The maximum atomic E-state index is 12.4. The second-order valence-electron chi connectivity index (χ2n) is 6.52. The van der Waals surface area contributed by atoms with E-state index >= 15 is 0 Å². The molecule has 0 radical (unpaired) electrons. The molecule has 0 spiro atoms. The molecule has 1 aliphatic rings. The first-order valence-electron chi connectivity index (χ1n) is 8.66. The van der Waals surface area contributed by atoms with Crippen LogP contribution in [0.15, 0.2) is 47.4 Å². The van der Waals surface area contributed by atoms with Crippen LogP contribution in [0.1, 0.15) is 35.7 Å². The van der Waals surface area contributed by atoms with Gasteiger partial charge in [0.05, 0.1) is 4.90 Å². The maximum Gasteiger partial charge on any atom is 0.255 e. The zero-order valence-corrected chi connectivity index (χ0v) is 15.7. The van der Waals surface area contributed by atoms with Crippen molar-refractivity contribution in [1.29, 1.82) is 0 Å². The molecule has 4 N–H and O–H groups in total. The SMILES string of the molecule is CCc1ccc(NC(=O)c2ccc(NC(=O)C3CC3)cc2)cc1S(N)(=O)=O. The Labute approximate surface area is 158 Å². The molecule has 142 valence electrons. The van der Waals surface area contributed by atoms with E-state index in [-0.39, 0.29) is 22.6 Å². The van der Waals surface area contributed by atoms with Crippen molar-refractivity contribution in [2.24, 2.45) is 11.1 Å². The molecule has 0 aliphatic heterocycles. The van der Waals surface area contributed by atoms with Crippen LogP contribution in [0.25, 0.3) is 0 Å². The van der Waals surface area contributed by atoms with Gasteiger partial charge in [0.15, 0.2) is 0 Å². The zero-order valence-electron chi connectivity index (χ0n) is 14.9. The Morgan fingerprint density at radius 2 is 1.67 bits per heavy atom. The van der Waals surface area contributed by atoms with Crippen molar-refractivity contribution >= 4 is 33.2 Å². The van der Waals surface area contributed by atoms with Gasteiger partial charge in [0.1, 0.15) is 0 Å². The fourth-order valence-electron chi connectivity index (χ4n) is 2.69. The second-order valence-corrected chi connectivity index (χ2v) is 8.05. The van der Waals surface area contributed by atoms with Gasteiger partial charge in [0.25, 0.3) is 5.91 Å². The van der Waals surface area contributed by atoms with Crippen molar-refractivity contribution in [2.45, 2.75) is 31.1 Å². The molecule has 0 saturated heterocycles. The molecular formula is C19H21N3O4S. The Kier molecular flexibility index (Phi) is 5.29. The molecule has 0 atom stereocenters. The molecule has 0 aromatic heterocycles. The Bertz CT molecular complexity index is 981. The number of aryl methyl sites for hydroxylation is 1. The zero-order chi connectivity index (χ0) is 19.6. The van der Waals surface area contributed by atoms with Crippen LogP contribution in [0.5, 0.6) is 0 Å². The molecule has 1 aliphatic carbocycles. The lowest BCUT2D eigenvalue weighted by Gasteiger charge is -2.11. The summed E-state index contributed by atoms with van der Waals surface area (Å²) >= 11 is 0. The van der Waals surface area contributed by atoms with E-state index in [1.54, 1.807) is 36.4 Å². The van der Waals surface area contributed by atoms with E-state index in [2.05, 4.69) is 10.6 Å². The molecule has 7 nitrogen and oxygen atoms in total. The van der Waals surface area contributed by atoms with Crippen molar-refractivity contribution in [3.63, 3.8) is 0 Å². The van der Waals surface area contributed by atoms with E-state index in [0.29, 0.717) is 28.9 Å². The highest BCUT2D eigenvalue weighted by molar-refractivity contribution is 7.89. The largest absolute Gasteiger partial charge is 0.326 e. The third-order valence-corrected chi connectivity index (χ3v) is 5.37. The van der Waals surface area contributed by atoms with Crippen LogP contribution in [-0.4, -0.2) is 20.2 Å². The average Bonchev–Trinajstić information content (AvgIpc) is 3.46. The topological polar surface area (TPSA) is 118 Å². The lowest BCUT2D eigenvalue weighted by molar-refractivity contribution is -0.117. The number of amides is 2. The van der Waals surface area contributed by atoms with Crippen molar-refractivity contribution in [2.75, 3.05) is 10.6 Å². The predicted octanol–water partition coefficient (Wildman–Crippen LogP) is 2.50. The molecule has 8 heteroatoms. The summed E-state index contributed by atoms with van der Waals surface area (Å²) in [6.45, 7) is 1.83. The normalized spacial score (nSPS) is 13.9. The Balaban J connectivity index is 1.72. The lowest BCUT2D eigenvalue weighted by Crippen LogP contribution is -2.17. The molecule has 2 aromatic rings. The third-order valence-electron chi connectivity index (χ3n) is 4.38. The van der Waals surface area contributed by atoms with Crippen LogP contribution in [0.2, 0.25) is 0 Å². The van der Waals surface area contributed by atoms with E-state index in [1.165, 1.54) is 6.07 Å². The summed E-state index contributed by atoms with van der Waals surface area (Å²) in [7, 11) is -3.88. The number of sulfonamides is 1. The number of nitrogens with two attached hydrogens (primary N) is 1. The first-order chi connectivity index (χ1) is 12.8. The molecule has 27 heavy (non-hydrogen) atoms. The maximum absolute atomic E-state index is 12.4. The number of primary sulfonamides is 1. The fourth-order valence-corrected chi connectivity index (χ4v) is 3.56. The van der Waals surface area contributed by atoms with Gasteiger partial charge in [-0.05, 0) is 61.2 Å². The number of carbonyl (C=O) groups excluding carboxylic acids is 2. The monoisotopic (exact) mass is 387 g/mol. The van der Waals surface area contributed by atoms with Gasteiger partial charge in [-0.25, -0.2) is 13.6 Å². The standard InChI is InChI=1S/C19H21N3O4S/c1-2-12-5-10-16(11-17(12)27(20,25)26)22-19(24)14-6-8-15(9-7-14)21-18(23)13-3-4-13/h5-11,13H,2-4H2,1H3,(H,21,23)(H,22,24)(H2,20,25,26). The smallest absolute Gasteiger partial charge is 0.255 e. The van der Waals surface area contributed by atoms with Crippen LogP contribution in [-0.2, 0) is 21.2 Å². The highest BCUT2D eigenvalue weighted by Crippen LogP contribution is 2.30. The van der Waals surface area contributed by atoms with Crippen molar-refractivity contribution in [3.8, 4) is 0 Å². The van der Waals surface area contributed by atoms with E-state index in [1.807, 2.05) is 6.92 Å². The summed E-state index contributed by atoms with van der Waals surface area (Å²) in [5.74, 6) is -0.287. The van der Waals surface area contributed by atoms with Gasteiger partial charge in [0, 0.05) is 22.9 Å². The minimum atomic E-state index is -3.88. The Morgan fingerprint density at radius 3 is 2.22 bits per heavy atom. The first kappa shape index (κ1) is 19.1. The molecular weight excluding hydrogens is 366 g/mol. The third kappa shape index (κ3) is 4.72.